The maximum atomic E-state index is 13.4. The van der Waals surface area contributed by atoms with Crippen molar-refractivity contribution in [3.63, 3.8) is 0 Å². The molecule has 9 nitrogen and oxygen atoms in total. The quantitative estimate of drug-likeness (QED) is 0.229. The maximum absolute atomic E-state index is 13.4. The van der Waals surface area contributed by atoms with E-state index in [0.29, 0.717) is 16.4 Å². The van der Waals surface area contributed by atoms with E-state index in [1.165, 1.54) is 29.2 Å². The third-order valence-electron chi connectivity index (χ3n) is 6.05. The summed E-state index contributed by atoms with van der Waals surface area (Å²) >= 11 is 5.98. The summed E-state index contributed by atoms with van der Waals surface area (Å²) in [5.74, 6) is -1.42. The number of hydroxylamine groups is 1. The van der Waals surface area contributed by atoms with Crippen LogP contribution < -0.4 is 15.7 Å². The number of hydrogen-bond donors (Lipinski definition) is 3. The van der Waals surface area contributed by atoms with Crippen molar-refractivity contribution in [1.29, 1.82) is 0 Å². The van der Waals surface area contributed by atoms with Gasteiger partial charge in [0.2, 0.25) is 5.91 Å². The van der Waals surface area contributed by atoms with Crippen LogP contribution in [0.15, 0.2) is 72.8 Å². The van der Waals surface area contributed by atoms with Gasteiger partial charge in [-0.3, -0.25) is 19.6 Å². The van der Waals surface area contributed by atoms with Crippen molar-refractivity contribution < 1.29 is 24.4 Å². The first-order chi connectivity index (χ1) is 17.8. The van der Waals surface area contributed by atoms with Crippen LogP contribution in [0.5, 0.6) is 0 Å². The van der Waals surface area contributed by atoms with Crippen LogP contribution in [0.2, 0.25) is 5.02 Å². The van der Waals surface area contributed by atoms with Crippen LogP contribution in [0.25, 0.3) is 0 Å². The molecule has 0 aliphatic carbocycles. The van der Waals surface area contributed by atoms with E-state index in [2.05, 4.69) is 5.32 Å². The molecule has 1 aliphatic rings. The molecule has 5 amide bonds. The molecule has 3 aromatic rings. The predicted octanol–water partition coefficient (Wildman–Crippen LogP) is 4.52. The van der Waals surface area contributed by atoms with Crippen LogP contribution in [0.1, 0.15) is 34.3 Å². The highest BCUT2D eigenvalue weighted by Crippen LogP contribution is 2.30. The van der Waals surface area contributed by atoms with Gasteiger partial charge >= 0.3 is 6.03 Å². The van der Waals surface area contributed by atoms with Gasteiger partial charge in [-0.1, -0.05) is 41.4 Å². The summed E-state index contributed by atoms with van der Waals surface area (Å²) in [5, 5.41) is 11.9. The van der Waals surface area contributed by atoms with E-state index in [1.54, 1.807) is 29.7 Å². The number of amides is 5. The van der Waals surface area contributed by atoms with Gasteiger partial charge in [-0.05, 0) is 67.4 Å². The average Bonchev–Trinajstić information content (AvgIpc) is 3.13. The number of aryl methyl sites for hydroxylation is 1. The number of urea groups is 1. The minimum Gasteiger partial charge on any atom is -0.326 e. The van der Waals surface area contributed by atoms with Crippen molar-refractivity contribution in [3.05, 3.63) is 94.5 Å². The molecule has 0 saturated carbocycles. The molecular weight excluding hydrogens is 496 g/mol. The van der Waals surface area contributed by atoms with E-state index in [0.717, 1.165) is 16.0 Å². The first kappa shape index (κ1) is 25.9. The summed E-state index contributed by atoms with van der Waals surface area (Å²) in [6, 6.07) is 18.8. The number of carbonyl (C=O) groups excluding carboxylic acids is 4. The second-order valence-corrected chi connectivity index (χ2v) is 9.10. The minimum atomic E-state index is -0.828. The second-order valence-electron chi connectivity index (χ2n) is 8.67. The largest absolute Gasteiger partial charge is 0.332 e. The van der Waals surface area contributed by atoms with Crippen molar-refractivity contribution in [3.8, 4) is 0 Å². The van der Waals surface area contributed by atoms with Crippen molar-refractivity contribution in [1.82, 2.24) is 10.4 Å². The molecule has 190 valence electrons. The lowest BCUT2D eigenvalue weighted by Crippen LogP contribution is -2.35. The zero-order valence-electron chi connectivity index (χ0n) is 20.0. The third-order valence-corrected chi connectivity index (χ3v) is 6.31. The van der Waals surface area contributed by atoms with E-state index in [4.69, 9.17) is 16.8 Å². The summed E-state index contributed by atoms with van der Waals surface area (Å²) in [4.78, 5) is 53.5. The number of nitrogens with zero attached hydrogens (tertiary/aromatic N) is 2. The van der Waals surface area contributed by atoms with Crippen LogP contribution >= 0.6 is 11.6 Å². The van der Waals surface area contributed by atoms with Gasteiger partial charge in [0.05, 0.1) is 5.69 Å². The van der Waals surface area contributed by atoms with E-state index in [1.807, 2.05) is 31.2 Å². The van der Waals surface area contributed by atoms with Gasteiger partial charge in [0.25, 0.3) is 11.8 Å². The Bertz CT molecular complexity index is 1310. The standard InChI is InChI=1S/C27H25ClN4O5/c1-17-2-4-18(5-3-17)16-31-23(26(35)32(27(31)36)22-12-8-20(28)9-13-22)14-15-24(33)29-21-10-6-19(7-11-21)25(34)30-37/h2-13,23,37H,14-16H2,1H3,(H,29,33)(H,30,34). The van der Waals surface area contributed by atoms with Crippen molar-refractivity contribution in [2.45, 2.75) is 32.4 Å². The molecule has 0 spiro atoms. The summed E-state index contributed by atoms with van der Waals surface area (Å²) in [6.45, 7) is 2.18. The molecule has 0 aromatic heterocycles. The Kier molecular flexibility index (Phi) is 7.86. The molecule has 3 N–H and O–H groups in total. The number of nitrogens with one attached hydrogen (secondary N) is 2. The molecule has 10 heteroatoms. The van der Waals surface area contributed by atoms with Gasteiger partial charge in [-0.25, -0.2) is 15.2 Å². The zero-order valence-corrected chi connectivity index (χ0v) is 20.7. The summed E-state index contributed by atoms with van der Waals surface area (Å²) in [6.07, 6.45) is 0.110. The van der Waals surface area contributed by atoms with E-state index < -0.39 is 23.9 Å². The SMILES string of the molecule is Cc1ccc(CN2C(=O)N(c3ccc(Cl)cc3)C(=O)C2CCC(=O)Nc2ccc(C(=O)NO)cc2)cc1. The number of hydrogen-bond acceptors (Lipinski definition) is 5. The smallest absolute Gasteiger partial charge is 0.326 e. The number of carbonyl (C=O) groups is 4. The molecule has 1 unspecified atom stereocenters. The molecule has 1 fully saturated rings. The van der Waals surface area contributed by atoms with Crippen LogP contribution in [-0.2, 0) is 16.1 Å². The highest BCUT2D eigenvalue weighted by atomic mass is 35.5. The number of halogens is 1. The molecular formula is C27H25ClN4O5. The minimum absolute atomic E-state index is 0.0125. The van der Waals surface area contributed by atoms with Crippen molar-refractivity contribution in [2.75, 3.05) is 10.2 Å². The van der Waals surface area contributed by atoms with Crippen molar-refractivity contribution >= 4 is 46.7 Å². The lowest BCUT2D eigenvalue weighted by molar-refractivity contribution is -0.120. The lowest BCUT2D eigenvalue weighted by atomic mass is 10.1. The Morgan fingerprint density at radius 1 is 0.946 bits per heavy atom. The Morgan fingerprint density at radius 3 is 2.22 bits per heavy atom. The number of anilines is 2. The van der Waals surface area contributed by atoms with Crippen LogP contribution in [0.4, 0.5) is 16.2 Å². The third kappa shape index (κ3) is 5.96. The molecule has 4 rings (SSSR count). The second kappa shape index (κ2) is 11.2. The van der Waals surface area contributed by atoms with Gasteiger partial charge in [0.1, 0.15) is 6.04 Å². The van der Waals surface area contributed by atoms with Gasteiger partial charge in [-0.2, -0.15) is 0 Å². The zero-order chi connectivity index (χ0) is 26.5. The molecule has 1 saturated heterocycles. The molecule has 0 radical (unpaired) electrons. The molecule has 0 bridgehead atoms. The Labute approximate surface area is 218 Å². The Morgan fingerprint density at radius 2 is 1.59 bits per heavy atom. The Hall–Kier alpha value is -4.21. The molecule has 1 aliphatic heterocycles. The van der Waals surface area contributed by atoms with Gasteiger partial charge in [0, 0.05) is 29.2 Å². The first-order valence-electron chi connectivity index (χ1n) is 11.6. The van der Waals surface area contributed by atoms with Gasteiger partial charge in [-0.15, -0.1) is 0 Å². The monoisotopic (exact) mass is 520 g/mol. The van der Waals surface area contributed by atoms with E-state index in [9.17, 15) is 19.2 Å². The average molecular weight is 521 g/mol. The van der Waals surface area contributed by atoms with Crippen LogP contribution in [0, 0.1) is 6.92 Å². The van der Waals surface area contributed by atoms with E-state index >= 15 is 0 Å². The normalized spacial score (nSPS) is 15.2. The van der Waals surface area contributed by atoms with Crippen molar-refractivity contribution in [2.24, 2.45) is 0 Å². The van der Waals surface area contributed by atoms with Gasteiger partial charge < -0.3 is 10.2 Å². The highest BCUT2D eigenvalue weighted by Gasteiger charge is 2.45. The highest BCUT2D eigenvalue weighted by molar-refractivity contribution is 6.30. The molecule has 1 atom stereocenters. The maximum Gasteiger partial charge on any atom is 0.332 e. The fourth-order valence-electron chi connectivity index (χ4n) is 4.07. The van der Waals surface area contributed by atoms with E-state index in [-0.39, 0.29) is 30.9 Å². The lowest BCUT2D eigenvalue weighted by Gasteiger charge is -2.22. The predicted molar refractivity (Wildman–Crippen MR) is 138 cm³/mol. The molecule has 37 heavy (non-hydrogen) atoms. The summed E-state index contributed by atoms with van der Waals surface area (Å²) < 4.78 is 0. The fourth-order valence-corrected chi connectivity index (χ4v) is 4.20. The fraction of sp³-hybridized carbons (Fsp3) is 0.185. The molecule has 3 aromatic carbocycles. The molecule has 1 heterocycles. The number of rotatable bonds is 8. The number of benzene rings is 3. The van der Waals surface area contributed by atoms with Crippen LogP contribution in [0.3, 0.4) is 0 Å². The first-order valence-corrected chi connectivity index (χ1v) is 11.9. The van der Waals surface area contributed by atoms with Crippen LogP contribution in [-0.4, -0.2) is 39.9 Å². The Balaban J connectivity index is 1.49. The topological polar surface area (TPSA) is 119 Å². The summed E-state index contributed by atoms with van der Waals surface area (Å²) in [7, 11) is 0. The number of imide groups is 1. The van der Waals surface area contributed by atoms with Gasteiger partial charge in [0.15, 0.2) is 0 Å². The summed E-state index contributed by atoms with van der Waals surface area (Å²) in [5.41, 5.74) is 4.57.